The van der Waals surface area contributed by atoms with Gasteiger partial charge < -0.3 is 4.74 Å². The molecule has 9 heavy (non-hydrogen) atoms. The van der Waals surface area contributed by atoms with Gasteiger partial charge in [0.2, 0.25) is 0 Å². The molecule has 1 saturated heterocycles. The summed E-state index contributed by atoms with van der Waals surface area (Å²) in [7, 11) is -3.79. The summed E-state index contributed by atoms with van der Waals surface area (Å²) in [6, 6.07) is 0. The van der Waals surface area contributed by atoms with Crippen LogP contribution in [0, 0.1) is 0 Å². The van der Waals surface area contributed by atoms with Gasteiger partial charge in [0.15, 0.2) is 0 Å². The first kappa shape index (κ1) is 10.5. The van der Waals surface area contributed by atoms with E-state index < -0.39 is 10.1 Å². The van der Waals surface area contributed by atoms with E-state index in [9.17, 15) is 8.42 Å². The van der Waals surface area contributed by atoms with Crippen LogP contribution in [0.3, 0.4) is 0 Å². The van der Waals surface area contributed by atoms with Crippen LogP contribution in [0.4, 0.5) is 0 Å². The summed E-state index contributed by atoms with van der Waals surface area (Å²) >= 11 is 0. The first-order chi connectivity index (χ1) is 3.58. The van der Waals surface area contributed by atoms with Gasteiger partial charge in [0, 0.05) is 0 Å². The predicted octanol–water partition coefficient (Wildman–Crippen LogP) is -1.38. The number of epoxide rings is 1. The molecule has 0 radical (unpaired) electrons. The van der Waals surface area contributed by atoms with E-state index >= 15 is 0 Å². The summed E-state index contributed by atoms with van der Waals surface area (Å²) in [6.45, 7) is 0.458. The second-order valence-electron chi connectivity index (χ2n) is 1.70. The number of hydrogen-bond acceptors (Lipinski definition) is 3. The van der Waals surface area contributed by atoms with Crippen molar-refractivity contribution in [3.63, 3.8) is 0 Å². The monoisotopic (exact) mass is 178 g/mol. The molecule has 50 valence electrons. The Hall–Kier alpha value is 1.51. The van der Waals surface area contributed by atoms with Gasteiger partial charge in [-0.25, -0.2) is 0 Å². The van der Waals surface area contributed by atoms with Crippen molar-refractivity contribution in [2.75, 3.05) is 12.4 Å². The predicted molar refractivity (Wildman–Crippen MR) is 33.3 cm³/mol. The Balaban J connectivity index is 0.000000640. The molecule has 4 nitrogen and oxygen atoms in total. The van der Waals surface area contributed by atoms with Gasteiger partial charge in [-0.15, -0.1) is 0 Å². The molecular formula is C3H7KO4S. The van der Waals surface area contributed by atoms with Crippen LogP contribution in [0.1, 0.15) is 0 Å². The molecule has 0 saturated carbocycles. The van der Waals surface area contributed by atoms with Gasteiger partial charge in [-0.05, 0) is 0 Å². The molecule has 1 heterocycles. The Kier molecular flexibility index (Phi) is 4.40. The average Bonchev–Trinajstić information content (AvgIpc) is 2.12. The minimum absolute atomic E-state index is 0. The number of rotatable bonds is 2. The molecule has 1 aliphatic rings. The van der Waals surface area contributed by atoms with Crippen LogP contribution in [0.5, 0.6) is 0 Å². The summed E-state index contributed by atoms with van der Waals surface area (Å²) in [5.74, 6) is -0.257. The first-order valence-corrected chi connectivity index (χ1v) is 3.75. The molecule has 0 aromatic heterocycles. The van der Waals surface area contributed by atoms with E-state index in [-0.39, 0.29) is 63.2 Å². The molecule has 0 bridgehead atoms. The second kappa shape index (κ2) is 3.77. The Labute approximate surface area is 96.1 Å². The summed E-state index contributed by atoms with van der Waals surface area (Å²) < 4.78 is 32.6. The summed E-state index contributed by atoms with van der Waals surface area (Å²) in [5.41, 5.74) is 0. The molecule has 0 aromatic carbocycles. The molecule has 0 aromatic rings. The minimum atomic E-state index is -3.79. The van der Waals surface area contributed by atoms with E-state index in [1.807, 2.05) is 0 Å². The average molecular weight is 178 g/mol. The third-order valence-corrected chi connectivity index (χ3v) is 1.59. The Morgan fingerprint density at radius 1 is 1.67 bits per heavy atom. The molecule has 0 aliphatic carbocycles. The van der Waals surface area contributed by atoms with Crippen molar-refractivity contribution in [2.24, 2.45) is 0 Å². The molecule has 1 atom stereocenters. The van der Waals surface area contributed by atoms with Gasteiger partial charge in [0.25, 0.3) is 10.1 Å². The molecule has 1 aliphatic heterocycles. The van der Waals surface area contributed by atoms with E-state index in [2.05, 4.69) is 4.74 Å². The molecule has 1 fully saturated rings. The van der Waals surface area contributed by atoms with Crippen LogP contribution in [0.15, 0.2) is 0 Å². The van der Waals surface area contributed by atoms with Crippen molar-refractivity contribution in [3.8, 4) is 0 Å². The molecule has 1 rings (SSSR count). The van der Waals surface area contributed by atoms with E-state index in [0.29, 0.717) is 6.61 Å². The van der Waals surface area contributed by atoms with Gasteiger partial charge in [0.05, 0.1) is 12.7 Å². The van der Waals surface area contributed by atoms with Crippen molar-refractivity contribution >= 4 is 61.5 Å². The maximum atomic E-state index is 9.96. The first-order valence-electron chi connectivity index (χ1n) is 2.15. The van der Waals surface area contributed by atoms with Crippen LogP contribution >= 0.6 is 0 Å². The van der Waals surface area contributed by atoms with Crippen molar-refractivity contribution < 1.29 is 17.7 Å². The van der Waals surface area contributed by atoms with Gasteiger partial charge in [0.1, 0.15) is 5.75 Å². The van der Waals surface area contributed by atoms with E-state index in [1.54, 1.807) is 0 Å². The molecule has 6 heteroatoms. The van der Waals surface area contributed by atoms with E-state index in [4.69, 9.17) is 4.55 Å². The van der Waals surface area contributed by atoms with Gasteiger partial charge >= 0.3 is 51.4 Å². The van der Waals surface area contributed by atoms with Gasteiger partial charge in [-0.1, -0.05) is 0 Å². The van der Waals surface area contributed by atoms with Crippen molar-refractivity contribution in [1.82, 2.24) is 0 Å². The molecular weight excluding hydrogens is 171 g/mol. The van der Waals surface area contributed by atoms with E-state index in [0.717, 1.165) is 0 Å². The molecule has 0 amide bonds. The van der Waals surface area contributed by atoms with E-state index in [1.165, 1.54) is 0 Å². The fourth-order valence-electron chi connectivity index (χ4n) is 0.399. The maximum absolute atomic E-state index is 9.96. The van der Waals surface area contributed by atoms with Crippen LogP contribution in [-0.2, 0) is 14.9 Å². The third kappa shape index (κ3) is 5.93. The summed E-state index contributed by atoms with van der Waals surface area (Å²) in [4.78, 5) is 0. The van der Waals surface area contributed by atoms with Crippen LogP contribution < -0.4 is 0 Å². The van der Waals surface area contributed by atoms with Crippen molar-refractivity contribution in [3.05, 3.63) is 0 Å². The fourth-order valence-corrected chi connectivity index (χ4v) is 1.06. The molecule has 0 spiro atoms. The SMILES string of the molecule is O=S(=O)(O)CC1CO1.[KH]. The Bertz CT molecular complexity index is 170. The summed E-state index contributed by atoms with van der Waals surface area (Å²) in [6.07, 6.45) is -0.245. The van der Waals surface area contributed by atoms with Crippen LogP contribution in [0.2, 0.25) is 0 Å². The molecule has 1 unspecified atom stereocenters. The van der Waals surface area contributed by atoms with Crippen molar-refractivity contribution in [1.29, 1.82) is 0 Å². The zero-order chi connectivity index (χ0) is 6.20. The number of ether oxygens (including phenoxy) is 1. The molecule has 1 N–H and O–H groups in total. The quantitative estimate of drug-likeness (QED) is 0.322. The zero-order valence-electron chi connectivity index (χ0n) is 4.07. The van der Waals surface area contributed by atoms with Gasteiger partial charge in [-0.3, -0.25) is 4.55 Å². The Morgan fingerprint density at radius 3 is 2.22 bits per heavy atom. The van der Waals surface area contributed by atoms with Gasteiger partial charge in [-0.2, -0.15) is 8.42 Å². The fraction of sp³-hybridized carbons (Fsp3) is 1.00. The summed E-state index contributed by atoms with van der Waals surface area (Å²) in [5, 5.41) is 0. The van der Waals surface area contributed by atoms with Crippen LogP contribution in [-0.4, -0.2) is 82.8 Å². The third-order valence-electron chi connectivity index (χ3n) is 0.799. The Morgan fingerprint density at radius 2 is 2.11 bits per heavy atom. The van der Waals surface area contributed by atoms with Crippen molar-refractivity contribution in [2.45, 2.75) is 6.10 Å². The topological polar surface area (TPSA) is 66.9 Å². The second-order valence-corrected chi connectivity index (χ2v) is 3.20. The normalized spacial score (nSPS) is 24.8. The standard InChI is InChI=1S/C3H6O4S.K.H/c4-8(5,6)2-3-1-7-3;;/h3H,1-2H2,(H,4,5,6);;. The zero-order valence-corrected chi connectivity index (χ0v) is 4.89. The van der Waals surface area contributed by atoms with Crippen LogP contribution in [0.25, 0.3) is 0 Å². The number of hydrogen-bond donors (Lipinski definition) is 1.